The quantitative estimate of drug-likeness (QED) is 0.554. The predicted molar refractivity (Wildman–Crippen MR) is 103 cm³/mol. The Labute approximate surface area is 157 Å². The van der Waals surface area contributed by atoms with Crippen LogP contribution in [0.15, 0.2) is 43.0 Å². The maximum absolute atomic E-state index is 11.8. The van der Waals surface area contributed by atoms with E-state index >= 15 is 0 Å². The molecule has 1 spiro atoms. The Morgan fingerprint density at radius 2 is 1.89 bits per heavy atom. The van der Waals surface area contributed by atoms with E-state index in [9.17, 15) is 5.21 Å². The number of anilines is 1. The number of nitrogens with zero attached hydrogens (tertiary/aromatic N) is 5. The van der Waals surface area contributed by atoms with Gasteiger partial charge in [-0.1, -0.05) is 0 Å². The molecule has 1 N–H and O–H groups in total. The second kappa shape index (κ2) is 6.42. The molecule has 0 unspecified atom stereocenters. The molecule has 7 nitrogen and oxygen atoms in total. The minimum absolute atomic E-state index is 0.450. The van der Waals surface area contributed by atoms with Crippen LogP contribution in [0, 0.1) is 10.6 Å². The number of nitrogens with one attached hydrogen (secondary N) is 1. The zero-order chi connectivity index (χ0) is 18.3. The van der Waals surface area contributed by atoms with Crippen molar-refractivity contribution in [3.63, 3.8) is 0 Å². The lowest BCUT2D eigenvalue weighted by molar-refractivity contribution is -0.604. The van der Waals surface area contributed by atoms with Crippen molar-refractivity contribution in [2.24, 2.45) is 5.41 Å². The highest BCUT2D eigenvalue weighted by atomic mass is 16.5. The molecule has 0 saturated carbocycles. The summed E-state index contributed by atoms with van der Waals surface area (Å²) in [5, 5.41) is 16.3. The first kappa shape index (κ1) is 16.4. The van der Waals surface area contributed by atoms with Crippen LogP contribution in [-0.2, 0) is 0 Å². The zero-order valence-electron chi connectivity index (χ0n) is 15.1. The van der Waals surface area contributed by atoms with Crippen molar-refractivity contribution in [2.75, 3.05) is 31.1 Å². The van der Waals surface area contributed by atoms with Gasteiger partial charge in [-0.3, -0.25) is 4.98 Å². The summed E-state index contributed by atoms with van der Waals surface area (Å²) in [6, 6.07) is 5.62. The fourth-order valence-corrected chi connectivity index (χ4v) is 4.33. The molecule has 3 aromatic rings. The van der Waals surface area contributed by atoms with E-state index in [4.69, 9.17) is 4.98 Å². The van der Waals surface area contributed by atoms with E-state index in [-0.39, 0.29) is 0 Å². The maximum atomic E-state index is 11.8. The van der Waals surface area contributed by atoms with Crippen molar-refractivity contribution in [3.8, 4) is 11.4 Å². The van der Waals surface area contributed by atoms with Gasteiger partial charge < -0.3 is 15.4 Å². The topological polar surface area (TPSA) is 80.9 Å². The van der Waals surface area contributed by atoms with Gasteiger partial charge in [-0.15, -0.1) is 0 Å². The van der Waals surface area contributed by atoms with E-state index in [1.54, 1.807) is 12.4 Å². The smallest absolute Gasteiger partial charge is 0.206 e. The fourth-order valence-electron chi connectivity index (χ4n) is 4.33. The average Bonchev–Trinajstić information content (AvgIpc) is 3.16. The van der Waals surface area contributed by atoms with Gasteiger partial charge in [0.2, 0.25) is 6.20 Å². The number of fused-ring (bicyclic) bond motifs is 1. The summed E-state index contributed by atoms with van der Waals surface area (Å²) in [6.07, 6.45) is 10.1. The molecule has 7 heteroatoms. The Hall–Kier alpha value is -2.80. The van der Waals surface area contributed by atoms with Gasteiger partial charge in [0.25, 0.3) is 0 Å². The molecular formula is C20H22N6O. The summed E-state index contributed by atoms with van der Waals surface area (Å²) in [6.45, 7) is 4.22. The summed E-state index contributed by atoms with van der Waals surface area (Å²) in [4.78, 5) is 16.0. The Morgan fingerprint density at radius 1 is 1.07 bits per heavy atom. The molecule has 0 atom stereocenters. The lowest BCUT2D eigenvalue weighted by Crippen LogP contribution is -2.41. The van der Waals surface area contributed by atoms with E-state index in [1.165, 1.54) is 31.7 Å². The highest BCUT2D eigenvalue weighted by Gasteiger charge is 2.37. The van der Waals surface area contributed by atoms with Gasteiger partial charge in [0.15, 0.2) is 12.0 Å². The number of pyridine rings is 2. The minimum Gasteiger partial charge on any atom is -0.619 e. The van der Waals surface area contributed by atoms with Gasteiger partial charge in [-0.25, -0.2) is 9.97 Å². The second-order valence-electron chi connectivity index (χ2n) is 7.62. The van der Waals surface area contributed by atoms with Crippen molar-refractivity contribution >= 4 is 16.7 Å². The lowest BCUT2D eigenvalue weighted by atomic mass is 9.78. The number of rotatable bonds is 2. The average molecular weight is 362 g/mol. The van der Waals surface area contributed by atoms with Gasteiger partial charge >= 0.3 is 0 Å². The van der Waals surface area contributed by atoms with Crippen molar-refractivity contribution in [1.29, 1.82) is 0 Å². The summed E-state index contributed by atoms with van der Waals surface area (Å²) in [5.41, 5.74) is 2.03. The zero-order valence-corrected chi connectivity index (χ0v) is 15.1. The first-order valence-corrected chi connectivity index (χ1v) is 9.49. The van der Waals surface area contributed by atoms with Crippen LogP contribution >= 0.6 is 0 Å². The van der Waals surface area contributed by atoms with Crippen LogP contribution in [0.4, 0.5) is 5.82 Å². The molecule has 2 fully saturated rings. The van der Waals surface area contributed by atoms with Gasteiger partial charge in [-0.05, 0) is 43.4 Å². The van der Waals surface area contributed by atoms with Crippen LogP contribution in [-0.4, -0.2) is 41.1 Å². The first-order chi connectivity index (χ1) is 13.2. The van der Waals surface area contributed by atoms with Crippen molar-refractivity contribution < 1.29 is 4.73 Å². The third-order valence-corrected chi connectivity index (χ3v) is 5.99. The number of aromatic nitrogens is 4. The molecule has 0 aromatic carbocycles. The molecule has 5 rings (SSSR count). The van der Waals surface area contributed by atoms with E-state index in [0.29, 0.717) is 16.8 Å². The highest BCUT2D eigenvalue weighted by molar-refractivity contribution is 5.90. The Balaban J connectivity index is 1.56. The van der Waals surface area contributed by atoms with Crippen molar-refractivity contribution in [2.45, 2.75) is 19.3 Å². The molecule has 0 radical (unpaired) electrons. The van der Waals surface area contributed by atoms with Crippen molar-refractivity contribution in [3.05, 3.63) is 48.2 Å². The molecule has 0 aliphatic carbocycles. The molecule has 0 bridgehead atoms. The molecule has 3 aromatic heterocycles. The Bertz CT molecular complexity index is 961. The predicted octanol–water partition coefficient (Wildman–Crippen LogP) is 1.91. The van der Waals surface area contributed by atoms with E-state index < -0.39 is 0 Å². The maximum Gasteiger partial charge on any atom is 0.206 e. The van der Waals surface area contributed by atoms with Crippen LogP contribution in [0.25, 0.3) is 22.3 Å². The molecular weight excluding hydrogens is 340 g/mol. The second-order valence-corrected chi connectivity index (χ2v) is 7.62. The fraction of sp³-hybridized carbons (Fsp3) is 0.400. The van der Waals surface area contributed by atoms with E-state index in [1.807, 2.05) is 18.2 Å². The number of hydrogen-bond acceptors (Lipinski definition) is 6. The van der Waals surface area contributed by atoms with Crippen LogP contribution in [0.1, 0.15) is 19.3 Å². The Kier molecular flexibility index (Phi) is 3.89. The van der Waals surface area contributed by atoms with Crippen molar-refractivity contribution in [1.82, 2.24) is 20.3 Å². The Morgan fingerprint density at radius 3 is 2.63 bits per heavy atom. The third kappa shape index (κ3) is 2.98. The highest BCUT2D eigenvalue weighted by Crippen LogP contribution is 2.39. The molecule has 2 saturated heterocycles. The van der Waals surface area contributed by atoms with Crippen LogP contribution in [0.2, 0.25) is 0 Å². The van der Waals surface area contributed by atoms with Gasteiger partial charge in [0.1, 0.15) is 11.3 Å². The number of piperidine rings is 1. The summed E-state index contributed by atoms with van der Waals surface area (Å²) in [7, 11) is 0. The van der Waals surface area contributed by atoms with Gasteiger partial charge in [-0.2, -0.15) is 4.73 Å². The third-order valence-electron chi connectivity index (χ3n) is 5.99. The molecule has 27 heavy (non-hydrogen) atoms. The molecule has 138 valence electrons. The SMILES string of the molecule is [O-][n+]1ccc2c(N3CCC4(CCNC4)CC3)nc(-c3ccncc3)nc2c1. The van der Waals surface area contributed by atoms with Gasteiger partial charge in [0.05, 0.1) is 5.39 Å². The van der Waals surface area contributed by atoms with E-state index in [0.717, 1.165) is 47.7 Å². The lowest BCUT2D eigenvalue weighted by Gasteiger charge is -2.39. The molecule has 2 aliphatic heterocycles. The van der Waals surface area contributed by atoms with Gasteiger partial charge in [0, 0.05) is 43.7 Å². The first-order valence-electron chi connectivity index (χ1n) is 9.49. The molecule has 2 aliphatic rings. The standard InChI is InChI=1S/C20H22N6O/c27-26-10-3-16-17(13-26)23-18(15-1-7-21-8-2-15)24-19(16)25-11-5-20(6-12-25)4-9-22-14-20/h1-3,7-8,10,13,22H,4-6,9,11-12,14H2. The van der Waals surface area contributed by atoms with Crippen LogP contribution in [0.5, 0.6) is 0 Å². The largest absolute Gasteiger partial charge is 0.619 e. The summed E-state index contributed by atoms with van der Waals surface area (Å²) < 4.78 is 0.796. The van der Waals surface area contributed by atoms with E-state index in [2.05, 4.69) is 20.2 Å². The van der Waals surface area contributed by atoms with Crippen LogP contribution in [0.3, 0.4) is 0 Å². The normalized spacial score (nSPS) is 19.0. The summed E-state index contributed by atoms with van der Waals surface area (Å²) >= 11 is 0. The molecule has 0 amide bonds. The number of hydrogen-bond donors (Lipinski definition) is 1. The monoisotopic (exact) mass is 362 g/mol. The molecule has 5 heterocycles. The summed E-state index contributed by atoms with van der Waals surface area (Å²) in [5.74, 6) is 1.56. The van der Waals surface area contributed by atoms with Crippen LogP contribution < -0.4 is 14.9 Å². The minimum atomic E-state index is 0.450.